The lowest BCUT2D eigenvalue weighted by Gasteiger charge is -1.94. The van der Waals surface area contributed by atoms with Crippen molar-refractivity contribution in [3.63, 3.8) is 0 Å². The molecule has 0 saturated carbocycles. The number of halogens is 1. The Labute approximate surface area is 69.4 Å². The van der Waals surface area contributed by atoms with Gasteiger partial charge in [0.05, 0.1) is 0 Å². The molecular weight excluding hydrogens is 166 g/mol. The minimum Gasteiger partial charge on any atom is -0.290 e. The molecule has 0 aromatic rings. The van der Waals surface area contributed by atoms with Crippen molar-refractivity contribution in [2.45, 2.75) is 0 Å². The van der Waals surface area contributed by atoms with E-state index in [1.54, 1.807) is 6.07 Å². The van der Waals surface area contributed by atoms with E-state index in [9.17, 15) is 9.59 Å². The second-order valence-electron chi connectivity index (χ2n) is 1.77. The van der Waals surface area contributed by atoms with Gasteiger partial charge in [0.2, 0.25) is 0 Å². The molecule has 0 saturated heterocycles. The first-order valence-electron chi connectivity index (χ1n) is 2.62. The minimum absolute atomic E-state index is 0. The van der Waals surface area contributed by atoms with Gasteiger partial charge in [-0.05, 0) is 12.2 Å². The average molecular weight is 170 g/mol. The van der Waals surface area contributed by atoms with E-state index in [2.05, 4.69) is 0 Å². The van der Waals surface area contributed by atoms with E-state index in [1.807, 2.05) is 0 Å². The molecule has 0 atom stereocenters. The van der Waals surface area contributed by atoms with Gasteiger partial charge in [-0.15, -0.1) is 12.4 Å². The standard InChI is InChI=1S/C7H3NO2.ClH/c8-4-5-3-6(9)1-2-7(5)10;/h1-3H;1H. The van der Waals surface area contributed by atoms with Crippen LogP contribution >= 0.6 is 12.4 Å². The van der Waals surface area contributed by atoms with Crippen LogP contribution in [0.3, 0.4) is 0 Å². The molecule has 1 aliphatic rings. The highest BCUT2D eigenvalue weighted by atomic mass is 35.5. The first-order valence-corrected chi connectivity index (χ1v) is 2.62. The number of nitrogens with zero attached hydrogens (tertiary/aromatic N) is 1. The molecule has 0 heterocycles. The summed E-state index contributed by atoms with van der Waals surface area (Å²) in [5.74, 6) is -0.710. The molecular formula is C7H4ClNO2. The zero-order chi connectivity index (χ0) is 7.56. The number of carbonyl (C=O) groups is 2. The van der Waals surface area contributed by atoms with Crippen LogP contribution in [0.2, 0.25) is 0 Å². The zero-order valence-electron chi connectivity index (χ0n) is 5.40. The number of rotatable bonds is 0. The fraction of sp³-hybridized carbons (Fsp3) is 0. The number of nitriles is 1. The SMILES string of the molecule is Cl.N#CC1=CC(=O)C=CC1=O. The van der Waals surface area contributed by atoms with E-state index in [1.165, 1.54) is 0 Å². The Morgan fingerprint density at radius 3 is 2.36 bits per heavy atom. The molecule has 0 bridgehead atoms. The third-order valence-electron chi connectivity index (χ3n) is 1.07. The number of hydrogen-bond donors (Lipinski definition) is 0. The molecule has 0 aliphatic heterocycles. The van der Waals surface area contributed by atoms with Crippen molar-refractivity contribution >= 4 is 24.0 Å². The second-order valence-corrected chi connectivity index (χ2v) is 1.77. The van der Waals surface area contributed by atoms with Gasteiger partial charge in [0.15, 0.2) is 11.6 Å². The van der Waals surface area contributed by atoms with Crippen LogP contribution in [0.5, 0.6) is 0 Å². The normalized spacial score (nSPS) is 15.0. The average Bonchev–Trinajstić information content (AvgIpc) is 1.94. The molecule has 0 N–H and O–H groups in total. The third-order valence-corrected chi connectivity index (χ3v) is 1.07. The van der Waals surface area contributed by atoms with Gasteiger partial charge in [0.1, 0.15) is 11.6 Å². The molecule has 1 rings (SSSR count). The maximum atomic E-state index is 10.6. The van der Waals surface area contributed by atoms with E-state index >= 15 is 0 Å². The van der Waals surface area contributed by atoms with E-state index in [4.69, 9.17) is 5.26 Å². The molecule has 0 unspecified atom stereocenters. The lowest BCUT2D eigenvalue weighted by atomic mass is 10.1. The Morgan fingerprint density at radius 1 is 1.27 bits per heavy atom. The number of hydrogen-bond acceptors (Lipinski definition) is 3. The summed E-state index contributed by atoms with van der Waals surface area (Å²) in [6.07, 6.45) is 3.27. The monoisotopic (exact) mass is 169 g/mol. The van der Waals surface area contributed by atoms with E-state index < -0.39 is 5.78 Å². The molecule has 0 spiro atoms. The van der Waals surface area contributed by atoms with Gasteiger partial charge in [-0.1, -0.05) is 0 Å². The van der Waals surface area contributed by atoms with Gasteiger partial charge < -0.3 is 0 Å². The zero-order valence-corrected chi connectivity index (χ0v) is 6.22. The summed E-state index contributed by atoms with van der Waals surface area (Å²) in [6.45, 7) is 0. The Bertz CT molecular complexity index is 296. The molecule has 1 aliphatic carbocycles. The van der Waals surface area contributed by atoms with Crippen LogP contribution in [0.25, 0.3) is 0 Å². The summed E-state index contributed by atoms with van der Waals surface area (Å²) in [6, 6.07) is 1.62. The van der Waals surface area contributed by atoms with Crippen LogP contribution < -0.4 is 0 Å². The Kier molecular flexibility index (Phi) is 3.22. The Balaban J connectivity index is 0.000001000. The summed E-state index contributed by atoms with van der Waals surface area (Å²) in [4.78, 5) is 21.2. The molecule has 0 aromatic carbocycles. The predicted octanol–water partition coefficient (Wildman–Crippen LogP) is 0.566. The van der Waals surface area contributed by atoms with Crippen molar-refractivity contribution in [3.8, 4) is 6.07 Å². The number of carbonyl (C=O) groups excluding carboxylic acids is 2. The molecule has 0 amide bonds. The van der Waals surface area contributed by atoms with E-state index in [0.29, 0.717) is 0 Å². The molecule has 56 valence electrons. The van der Waals surface area contributed by atoms with Gasteiger partial charge in [0, 0.05) is 6.08 Å². The van der Waals surface area contributed by atoms with Crippen molar-refractivity contribution in [3.05, 3.63) is 23.8 Å². The van der Waals surface area contributed by atoms with Gasteiger partial charge in [0.25, 0.3) is 0 Å². The van der Waals surface area contributed by atoms with E-state index in [0.717, 1.165) is 18.2 Å². The van der Waals surface area contributed by atoms with Gasteiger partial charge >= 0.3 is 0 Å². The van der Waals surface area contributed by atoms with Gasteiger partial charge in [-0.3, -0.25) is 9.59 Å². The Hall–Kier alpha value is -1.40. The number of ketones is 2. The van der Waals surface area contributed by atoms with Crippen molar-refractivity contribution in [1.82, 2.24) is 0 Å². The van der Waals surface area contributed by atoms with Crippen molar-refractivity contribution in [2.24, 2.45) is 0 Å². The quantitative estimate of drug-likeness (QED) is 0.498. The van der Waals surface area contributed by atoms with Crippen molar-refractivity contribution in [1.29, 1.82) is 5.26 Å². The summed E-state index contributed by atoms with van der Waals surface area (Å²) in [7, 11) is 0. The van der Waals surface area contributed by atoms with Crippen LogP contribution in [-0.2, 0) is 9.59 Å². The van der Waals surface area contributed by atoms with Crippen LogP contribution in [0.4, 0.5) is 0 Å². The molecule has 0 aromatic heterocycles. The third kappa shape index (κ3) is 2.03. The van der Waals surface area contributed by atoms with Crippen LogP contribution in [0, 0.1) is 11.3 Å². The topological polar surface area (TPSA) is 57.9 Å². The highest BCUT2D eigenvalue weighted by Gasteiger charge is 2.11. The molecule has 4 heteroatoms. The first kappa shape index (κ1) is 9.60. The van der Waals surface area contributed by atoms with Gasteiger partial charge in [-0.25, -0.2) is 0 Å². The van der Waals surface area contributed by atoms with Crippen LogP contribution in [0.15, 0.2) is 23.8 Å². The van der Waals surface area contributed by atoms with Crippen LogP contribution in [0.1, 0.15) is 0 Å². The highest BCUT2D eigenvalue weighted by Crippen LogP contribution is 2.02. The fourth-order valence-corrected chi connectivity index (χ4v) is 0.596. The molecule has 11 heavy (non-hydrogen) atoms. The Morgan fingerprint density at radius 2 is 1.91 bits per heavy atom. The predicted molar refractivity (Wildman–Crippen MR) is 40.1 cm³/mol. The lowest BCUT2D eigenvalue weighted by molar-refractivity contribution is -0.114. The summed E-state index contributed by atoms with van der Waals surface area (Å²) >= 11 is 0. The van der Waals surface area contributed by atoms with Crippen molar-refractivity contribution in [2.75, 3.05) is 0 Å². The maximum Gasteiger partial charge on any atom is 0.196 e. The molecule has 3 nitrogen and oxygen atoms in total. The van der Waals surface area contributed by atoms with Gasteiger partial charge in [-0.2, -0.15) is 5.26 Å². The second kappa shape index (κ2) is 3.69. The molecule has 0 radical (unpaired) electrons. The highest BCUT2D eigenvalue weighted by molar-refractivity contribution is 6.19. The molecule has 0 fully saturated rings. The number of allylic oxidation sites excluding steroid dienone is 4. The smallest absolute Gasteiger partial charge is 0.196 e. The van der Waals surface area contributed by atoms with Crippen molar-refractivity contribution < 1.29 is 9.59 Å². The maximum absolute atomic E-state index is 10.6. The lowest BCUT2D eigenvalue weighted by Crippen LogP contribution is -2.05. The van der Waals surface area contributed by atoms with E-state index in [-0.39, 0.29) is 23.8 Å². The summed E-state index contributed by atoms with van der Waals surface area (Å²) < 4.78 is 0. The minimum atomic E-state index is -0.401. The fourth-order valence-electron chi connectivity index (χ4n) is 0.596. The first-order chi connectivity index (χ1) is 4.74. The van der Waals surface area contributed by atoms with Crippen LogP contribution in [-0.4, -0.2) is 11.6 Å². The summed E-state index contributed by atoms with van der Waals surface area (Å²) in [5.41, 5.74) is -0.0903. The largest absolute Gasteiger partial charge is 0.290 e. The summed E-state index contributed by atoms with van der Waals surface area (Å²) in [5, 5.41) is 8.25.